The molecule has 2 heteroatoms. The van der Waals surface area contributed by atoms with Crippen LogP contribution in [0, 0.1) is 0 Å². The Hall–Kier alpha value is -1.70. The molecule has 1 aliphatic rings. The van der Waals surface area contributed by atoms with Gasteiger partial charge in [-0.05, 0) is 37.6 Å². The molecule has 0 fully saturated rings. The third-order valence-electron chi connectivity index (χ3n) is 2.11. The molecular weight excluding hydrogens is 188 g/mol. The second kappa shape index (κ2) is 4.69. The lowest BCUT2D eigenvalue weighted by Crippen LogP contribution is -1.96. The van der Waals surface area contributed by atoms with Gasteiger partial charge in [-0.15, -0.1) is 0 Å². The highest BCUT2D eigenvalue weighted by atomic mass is 16.5. The quantitative estimate of drug-likeness (QED) is 0.745. The summed E-state index contributed by atoms with van der Waals surface area (Å²) in [4.78, 5) is 0. The zero-order valence-corrected chi connectivity index (χ0v) is 8.77. The fourth-order valence-electron chi connectivity index (χ4n) is 1.45. The van der Waals surface area contributed by atoms with Crippen LogP contribution in [0.25, 0.3) is 0 Å². The zero-order valence-electron chi connectivity index (χ0n) is 8.77. The lowest BCUT2D eigenvalue weighted by Gasteiger charge is -2.10. The van der Waals surface area contributed by atoms with Gasteiger partial charge in [0.2, 0.25) is 0 Å². The van der Waals surface area contributed by atoms with E-state index < -0.39 is 0 Å². The first kappa shape index (κ1) is 9.84. The molecular formula is C13H14O2. The van der Waals surface area contributed by atoms with Gasteiger partial charge in [-0.1, -0.05) is 18.2 Å². The van der Waals surface area contributed by atoms with Gasteiger partial charge in [-0.25, -0.2) is 0 Å². The average Bonchev–Trinajstić information content (AvgIpc) is 2.74. The van der Waals surface area contributed by atoms with Crippen molar-refractivity contribution in [1.82, 2.24) is 0 Å². The Morgan fingerprint density at radius 1 is 1.20 bits per heavy atom. The minimum absolute atomic E-state index is 0.648. The van der Waals surface area contributed by atoms with E-state index in [2.05, 4.69) is 6.08 Å². The molecule has 2 rings (SSSR count). The van der Waals surface area contributed by atoms with Crippen LogP contribution in [-0.2, 0) is 0 Å². The van der Waals surface area contributed by atoms with E-state index in [9.17, 15) is 0 Å². The number of hydrogen-bond acceptors (Lipinski definition) is 2. The number of rotatable bonds is 4. The molecule has 0 spiro atoms. The molecule has 0 N–H and O–H groups in total. The summed E-state index contributed by atoms with van der Waals surface area (Å²) in [5.74, 6) is 2.46. The van der Waals surface area contributed by atoms with Crippen molar-refractivity contribution in [2.24, 2.45) is 0 Å². The standard InChI is InChI=1S/C13H14O2/c1-2-14-12-9-5-6-10-13(12)15-11-7-3-4-8-11/h3,5-10H,2,4H2,1H3. The molecule has 1 aromatic carbocycles. The van der Waals surface area contributed by atoms with Crippen LogP contribution >= 0.6 is 0 Å². The zero-order chi connectivity index (χ0) is 10.5. The van der Waals surface area contributed by atoms with Crippen LogP contribution in [0.15, 0.2) is 48.3 Å². The Balaban J connectivity index is 2.15. The predicted molar refractivity (Wildman–Crippen MR) is 60.1 cm³/mol. The fraction of sp³-hybridized carbons (Fsp3) is 0.231. The monoisotopic (exact) mass is 202 g/mol. The molecule has 0 aliphatic heterocycles. The topological polar surface area (TPSA) is 18.5 Å². The summed E-state index contributed by atoms with van der Waals surface area (Å²) in [7, 11) is 0. The van der Waals surface area contributed by atoms with Gasteiger partial charge in [0.05, 0.1) is 6.61 Å². The highest BCUT2D eigenvalue weighted by Gasteiger charge is 2.06. The summed E-state index contributed by atoms with van der Waals surface area (Å²) in [6, 6.07) is 7.71. The highest BCUT2D eigenvalue weighted by molar-refractivity contribution is 5.41. The summed E-state index contributed by atoms with van der Waals surface area (Å²) in [5.41, 5.74) is 0. The highest BCUT2D eigenvalue weighted by Crippen LogP contribution is 2.29. The Labute approximate surface area is 89.8 Å². The second-order valence-electron chi connectivity index (χ2n) is 3.23. The van der Waals surface area contributed by atoms with Gasteiger partial charge in [-0.3, -0.25) is 0 Å². The van der Waals surface area contributed by atoms with Gasteiger partial charge < -0.3 is 9.47 Å². The maximum absolute atomic E-state index is 5.71. The van der Waals surface area contributed by atoms with E-state index in [4.69, 9.17) is 9.47 Å². The third-order valence-corrected chi connectivity index (χ3v) is 2.11. The Bertz CT molecular complexity index is 391. The second-order valence-corrected chi connectivity index (χ2v) is 3.23. The smallest absolute Gasteiger partial charge is 0.169 e. The maximum atomic E-state index is 5.71. The van der Waals surface area contributed by atoms with E-state index in [1.165, 1.54) is 0 Å². The van der Waals surface area contributed by atoms with E-state index in [0.717, 1.165) is 23.7 Å². The van der Waals surface area contributed by atoms with Crippen LogP contribution < -0.4 is 9.47 Å². The normalized spacial score (nSPS) is 13.8. The number of hydrogen-bond donors (Lipinski definition) is 0. The van der Waals surface area contributed by atoms with Gasteiger partial charge in [0.1, 0.15) is 5.76 Å². The molecule has 0 bridgehead atoms. The summed E-state index contributed by atoms with van der Waals surface area (Å²) in [6.07, 6.45) is 7.04. The Morgan fingerprint density at radius 3 is 2.67 bits per heavy atom. The van der Waals surface area contributed by atoms with E-state index in [1.807, 2.05) is 43.3 Å². The van der Waals surface area contributed by atoms with Gasteiger partial charge in [-0.2, -0.15) is 0 Å². The number of allylic oxidation sites excluding steroid dienone is 3. The molecule has 0 atom stereocenters. The number of benzene rings is 1. The molecule has 78 valence electrons. The van der Waals surface area contributed by atoms with E-state index >= 15 is 0 Å². The molecule has 0 radical (unpaired) electrons. The van der Waals surface area contributed by atoms with E-state index in [0.29, 0.717) is 6.61 Å². The van der Waals surface area contributed by atoms with Crippen molar-refractivity contribution < 1.29 is 9.47 Å². The van der Waals surface area contributed by atoms with Crippen molar-refractivity contribution in [3.05, 3.63) is 48.3 Å². The molecule has 2 nitrogen and oxygen atoms in total. The van der Waals surface area contributed by atoms with Crippen molar-refractivity contribution in [3.8, 4) is 11.5 Å². The van der Waals surface area contributed by atoms with Crippen LogP contribution in [0.5, 0.6) is 11.5 Å². The lowest BCUT2D eigenvalue weighted by atomic mass is 10.3. The summed E-state index contributed by atoms with van der Waals surface area (Å²) >= 11 is 0. The minimum Gasteiger partial charge on any atom is -0.490 e. The SMILES string of the molecule is CCOc1ccccc1OC1=CCC=C1. The molecule has 0 unspecified atom stereocenters. The van der Waals surface area contributed by atoms with Crippen molar-refractivity contribution in [2.75, 3.05) is 6.61 Å². The fourth-order valence-corrected chi connectivity index (χ4v) is 1.45. The lowest BCUT2D eigenvalue weighted by molar-refractivity contribution is 0.317. The Kier molecular flexibility index (Phi) is 3.08. The predicted octanol–water partition coefficient (Wildman–Crippen LogP) is 3.31. The Morgan fingerprint density at radius 2 is 2.00 bits per heavy atom. The van der Waals surface area contributed by atoms with Crippen LogP contribution in [0.4, 0.5) is 0 Å². The van der Waals surface area contributed by atoms with E-state index in [-0.39, 0.29) is 0 Å². The molecule has 0 aromatic heterocycles. The summed E-state index contributed by atoms with van der Waals surface area (Å²) in [6.45, 7) is 2.61. The molecule has 15 heavy (non-hydrogen) atoms. The van der Waals surface area contributed by atoms with Gasteiger partial charge in [0, 0.05) is 0 Å². The molecule has 1 aromatic rings. The van der Waals surface area contributed by atoms with Crippen molar-refractivity contribution >= 4 is 0 Å². The summed E-state index contributed by atoms with van der Waals surface area (Å²) < 4.78 is 11.2. The van der Waals surface area contributed by atoms with Crippen LogP contribution in [0.3, 0.4) is 0 Å². The van der Waals surface area contributed by atoms with Gasteiger partial charge in [0.25, 0.3) is 0 Å². The van der Waals surface area contributed by atoms with Gasteiger partial charge >= 0.3 is 0 Å². The average molecular weight is 202 g/mol. The van der Waals surface area contributed by atoms with Crippen molar-refractivity contribution in [1.29, 1.82) is 0 Å². The third kappa shape index (κ3) is 2.40. The first-order valence-electron chi connectivity index (χ1n) is 5.16. The molecule has 0 saturated carbocycles. The number of ether oxygens (including phenoxy) is 2. The molecule has 0 amide bonds. The van der Waals surface area contributed by atoms with Gasteiger partial charge in [0.15, 0.2) is 11.5 Å². The van der Waals surface area contributed by atoms with Crippen LogP contribution in [0.2, 0.25) is 0 Å². The first-order valence-corrected chi connectivity index (χ1v) is 5.16. The molecule has 1 aliphatic carbocycles. The largest absolute Gasteiger partial charge is 0.490 e. The number of para-hydroxylation sites is 2. The van der Waals surface area contributed by atoms with Crippen LogP contribution in [0.1, 0.15) is 13.3 Å². The van der Waals surface area contributed by atoms with Crippen molar-refractivity contribution in [2.45, 2.75) is 13.3 Å². The first-order chi connectivity index (χ1) is 7.40. The van der Waals surface area contributed by atoms with Crippen molar-refractivity contribution in [3.63, 3.8) is 0 Å². The maximum Gasteiger partial charge on any atom is 0.169 e. The minimum atomic E-state index is 0.648. The molecule has 0 saturated heterocycles. The van der Waals surface area contributed by atoms with Crippen LogP contribution in [-0.4, -0.2) is 6.61 Å². The summed E-state index contributed by atoms with van der Waals surface area (Å²) in [5, 5.41) is 0. The van der Waals surface area contributed by atoms with E-state index in [1.54, 1.807) is 0 Å². The molecule has 0 heterocycles.